The third-order valence-electron chi connectivity index (χ3n) is 5.28. The number of nitrogens with one attached hydrogen (secondary N) is 1. The highest BCUT2D eigenvalue weighted by atomic mass is 19.3. The summed E-state index contributed by atoms with van der Waals surface area (Å²) < 4.78 is 55.0. The Kier molecular flexibility index (Phi) is 6.60. The second kappa shape index (κ2) is 9.48. The smallest absolute Gasteiger partial charge is 0.413 e. The van der Waals surface area contributed by atoms with Gasteiger partial charge in [0.25, 0.3) is 0 Å². The maximum absolute atomic E-state index is 14.3. The minimum absolute atomic E-state index is 0.271. The van der Waals surface area contributed by atoms with Crippen molar-refractivity contribution in [3.05, 3.63) is 46.7 Å². The van der Waals surface area contributed by atoms with Gasteiger partial charge in [0.15, 0.2) is 24.0 Å². The van der Waals surface area contributed by atoms with E-state index in [2.05, 4.69) is 10.3 Å². The predicted octanol–water partition coefficient (Wildman–Crippen LogP) is 1.64. The number of hydrogen-bond donors (Lipinski definition) is 3. The van der Waals surface area contributed by atoms with Gasteiger partial charge in [0, 0.05) is 17.6 Å². The standard InChI is InChI=1S/C21H21F2N3O9/c1-31-11-5-10-6-12(34-16(10)13(7-11)32-2)9-33-20(30)25-15-3-4-26(19(29)24-15)18-21(22,23)17(28)14(8-27)35-18/h3-7,14,17-18,27-28H,8-9H2,1-2H3,(H,24,25,29,30). The summed E-state index contributed by atoms with van der Waals surface area (Å²) in [4.78, 5) is 27.9. The van der Waals surface area contributed by atoms with Crippen LogP contribution in [0.4, 0.5) is 19.4 Å². The number of furan rings is 1. The maximum atomic E-state index is 14.3. The Morgan fingerprint density at radius 3 is 2.69 bits per heavy atom. The number of fused-ring (bicyclic) bond motifs is 1. The molecule has 1 aromatic carbocycles. The van der Waals surface area contributed by atoms with E-state index in [1.807, 2.05) is 0 Å². The Balaban J connectivity index is 1.42. The van der Waals surface area contributed by atoms with Crippen LogP contribution in [0.2, 0.25) is 0 Å². The van der Waals surface area contributed by atoms with Gasteiger partial charge >= 0.3 is 17.7 Å². The van der Waals surface area contributed by atoms with Crippen molar-refractivity contribution in [1.29, 1.82) is 0 Å². The lowest BCUT2D eigenvalue weighted by Crippen LogP contribution is -2.41. The summed E-state index contributed by atoms with van der Waals surface area (Å²) in [5, 5.41) is 21.5. The lowest BCUT2D eigenvalue weighted by Gasteiger charge is -2.21. The second-order valence-electron chi connectivity index (χ2n) is 7.49. The van der Waals surface area contributed by atoms with Crippen LogP contribution in [0.25, 0.3) is 11.0 Å². The number of nitrogens with zero attached hydrogens (tertiary/aromatic N) is 2. The zero-order chi connectivity index (χ0) is 25.3. The summed E-state index contributed by atoms with van der Waals surface area (Å²) in [6, 6.07) is 6.04. The van der Waals surface area contributed by atoms with Crippen molar-refractivity contribution in [2.24, 2.45) is 0 Å². The molecule has 14 heteroatoms. The average Bonchev–Trinajstić information content (AvgIpc) is 3.35. The van der Waals surface area contributed by atoms with E-state index in [9.17, 15) is 23.5 Å². The largest absolute Gasteiger partial charge is 0.497 e. The minimum Gasteiger partial charge on any atom is -0.497 e. The van der Waals surface area contributed by atoms with E-state index in [1.54, 1.807) is 18.2 Å². The average molecular weight is 497 g/mol. The van der Waals surface area contributed by atoms with Crippen LogP contribution in [0.1, 0.15) is 12.0 Å². The molecule has 1 saturated heterocycles. The molecule has 3 atom stereocenters. The van der Waals surface area contributed by atoms with Gasteiger partial charge in [-0.25, -0.2) is 9.59 Å². The summed E-state index contributed by atoms with van der Waals surface area (Å²) in [7, 11) is 2.97. The molecule has 0 radical (unpaired) electrons. The number of methoxy groups -OCH3 is 2. The maximum Gasteiger partial charge on any atom is 0.413 e. The molecule has 3 heterocycles. The molecule has 3 aromatic rings. The van der Waals surface area contributed by atoms with Crippen molar-refractivity contribution >= 4 is 22.9 Å². The number of amides is 1. The Labute approximate surface area is 195 Å². The van der Waals surface area contributed by atoms with Crippen LogP contribution in [-0.4, -0.2) is 64.8 Å². The number of alkyl halides is 2. The van der Waals surface area contributed by atoms with Crippen molar-refractivity contribution in [2.75, 3.05) is 26.1 Å². The van der Waals surface area contributed by atoms with Crippen molar-refractivity contribution in [3.8, 4) is 11.5 Å². The first-order valence-electron chi connectivity index (χ1n) is 10.2. The molecule has 188 valence electrons. The van der Waals surface area contributed by atoms with E-state index < -0.39 is 42.7 Å². The number of anilines is 1. The fraction of sp³-hybridized carbons (Fsp3) is 0.381. The molecule has 12 nitrogen and oxygen atoms in total. The minimum atomic E-state index is -3.86. The van der Waals surface area contributed by atoms with Crippen LogP contribution in [0, 0.1) is 0 Å². The van der Waals surface area contributed by atoms with E-state index in [-0.39, 0.29) is 12.4 Å². The van der Waals surface area contributed by atoms with Gasteiger partial charge in [-0.3, -0.25) is 9.88 Å². The lowest BCUT2D eigenvalue weighted by atomic mass is 10.1. The van der Waals surface area contributed by atoms with Crippen LogP contribution in [-0.2, 0) is 16.1 Å². The number of halogens is 2. The quantitative estimate of drug-likeness (QED) is 0.439. The SMILES string of the molecule is COc1cc(OC)c2oc(COC(=O)Nc3ccn(C4OC(CO)C(O)C4(F)F)c(=O)n3)cc2c1. The van der Waals surface area contributed by atoms with Crippen molar-refractivity contribution < 1.29 is 47.2 Å². The number of benzene rings is 1. The van der Waals surface area contributed by atoms with E-state index >= 15 is 0 Å². The molecule has 0 aliphatic carbocycles. The van der Waals surface area contributed by atoms with Crippen molar-refractivity contribution in [1.82, 2.24) is 9.55 Å². The number of ether oxygens (including phenoxy) is 4. The molecule has 0 spiro atoms. The van der Waals surface area contributed by atoms with E-state index in [0.29, 0.717) is 32.8 Å². The molecule has 0 bridgehead atoms. The molecule has 4 rings (SSSR count). The van der Waals surface area contributed by atoms with Crippen LogP contribution in [0.3, 0.4) is 0 Å². The molecule has 3 unspecified atom stereocenters. The second-order valence-corrected chi connectivity index (χ2v) is 7.49. The fourth-order valence-corrected chi connectivity index (χ4v) is 3.55. The molecular formula is C21H21F2N3O9. The van der Waals surface area contributed by atoms with Gasteiger partial charge in [0.2, 0.25) is 6.23 Å². The van der Waals surface area contributed by atoms with Gasteiger partial charge in [-0.05, 0) is 18.2 Å². The van der Waals surface area contributed by atoms with Crippen molar-refractivity contribution in [2.45, 2.75) is 31.0 Å². The first-order valence-corrected chi connectivity index (χ1v) is 10.2. The summed E-state index contributed by atoms with van der Waals surface area (Å²) in [5.41, 5.74) is -0.756. The Bertz CT molecular complexity index is 1290. The van der Waals surface area contributed by atoms with Gasteiger partial charge in [0.1, 0.15) is 23.4 Å². The third-order valence-corrected chi connectivity index (χ3v) is 5.28. The fourth-order valence-electron chi connectivity index (χ4n) is 3.55. The highest BCUT2D eigenvalue weighted by Gasteiger charge is 2.59. The molecule has 0 saturated carbocycles. The van der Waals surface area contributed by atoms with Gasteiger partial charge in [-0.15, -0.1) is 0 Å². The van der Waals surface area contributed by atoms with E-state index in [4.69, 9.17) is 28.5 Å². The highest BCUT2D eigenvalue weighted by molar-refractivity contribution is 5.86. The van der Waals surface area contributed by atoms with Crippen LogP contribution in [0.5, 0.6) is 11.5 Å². The first kappa shape index (κ1) is 24.4. The molecule has 2 aromatic heterocycles. The number of carbonyl (C=O) groups is 1. The van der Waals surface area contributed by atoms with Gasteiger partial charge in [0.05, 0.1) is 20.8 Å². The molecule has 1 aliphatic rings. The predicted molar refractivity (Wildman–Crippen MR) is 114 cm³/mol. The summed E-state index contributed by atoms with van der Waals surface area (Å²) in [5.74, 6) is -2.86. The van der Waals surface area contributed by atoms with Crippen LogP contribution >= 0.6 is 0 Å². The third kappa shape index (κ3) is 4.62. The molecule has 35 heavy (non-hydrogen) atoms. The molecule has 3 N–H and O–H groups in total. The number of aromatic nitrogens is 2. The Morgan fingerprint density at radius 1 is 1.29 bits per heavy atom. The van der Waals surface area contributed by atoms with Gasteiger partial charge in [-0.2, -0.15) is 13.8 Å². The van der Waals surface area contributed by atoms with Crippen LogP contribution in [0.15, 0.2) is 39.7 Å². The topological polar surface area (TPSA) is 155 Å². The van der Waals surface area contributed by atoms with Gasteiger partial charge in [-0.1, -0.05) is 0 Å². The number of aliphatic hydroxyl groups excluding tert-OH is 2. The highest BCUT2D eigenvalue weighted by Crippen LogP contribution is 2.42. The number of rotatable bonds is 7. The normalized spacial score (nSPS) is 21.1. The number of hydrogen-bond acceptors (Lipinski definition) is 10. The zero-order valence-electron chi connectivity index (χ0n) is 18.4. The lowest BCUT2D eigenvalue weighted by molar-refractivity contribution is -0.140. The first-order chi connectivity index (χ1) is 16.7. The van der Waals surface area contributed by atoms with Crippen LogP contribution < -0.4 is 20.5 Å². The number of carbonyl (C=O) groups excluding carboxylic acids is 1. The summed E-state index contributed by atoms with van der Waals surface area (Å²) >= 11 is 0. The van der Waals surface area contributed by atoms with Crippen molar-refractivity contribution in [3.63, 3.8) is 0 Å². The Morgan fingerprint density at radius 2 is 2.06 bits per heavy atom. The number of aliphatic hydroxyl groups is 2. The Hall–Kier alpha value is -3.75. The van der Waals surface area contributed by atoms with E-state index in [0.717, 1.165) is 12.3 Å². The summed E-state index contributed by atoms with van der Waals surface area (Å²) in [6.07, 6.45) is -6.14. The molecule has 1 aliphatic heterocycles. The van der Waals surface area contributed by atoms with E-state index in [1.165, 1.54) is 14.2 Å². The van der Waals surface area contributed by atoms with Gasteiger partial charge < -0.3 is 33.6 Å². The zero-order valence-corrected chi connectivity index (χ0v) is 18.4. The monoisotopic (exact) mass is 497 g/mol. The summed E-state index contributed by atoms with van der Waals surface area (Å²) in [6.45, 7) is -1.14. The molecular weight excluding hydrogens is 476 g/mol. The molecule has 1 amide bonds. The molecule has 1 fully saturated rings.